The minimum atomic E-state index is -4.47. The molecule has 3 aromatic rings. The minimum Gasteiger partial charge on any atom is -0.477 e. The van der Waals surface area contributed by atoms with Crippen LogP contribution in [0.4, 0.5) is 17.6 Å². The molecule has 2 aromatic heterocycles. The maximum absolute atomic E-state index is 13.2. The van der Waals surface area contributed by atoms with Gasteiger partial charge in [-0.3, -0.25) is 0 Å². The van der Waals surface area contributed by atoms with E-state index in [-0.39, 0.29) is 22.6 Å². The van der Waals surface area contributed by atoms with E-state index in [0.29, 0.717) is 5.56 Å². The van der Waals surface area contributed by atoms with Crippen LogP contribution in [0, 0.1) is 0 Å². The quantitative estimate of drug-likeness (QED) is 0.741. The third kappa shape index (κ3) is 2.68. The number of hydrogen-bond acceptors (Lipinski definition) is 3. The predicted octanol–water partition coefficient (Wildman–Crippen LogP) is 3.58. The van der Waals surface area contributed by atoms with E-state index in [1.54, 1.807) is 0 Å². The highest BCUT2D eigenvalue weighted by molar-refractivity contribution is 5.94. The monoisotopic (exact) mass is 339 g/mol. The fourth-order valence-electron chi connectivity index (χ4n) is 2.25. The Balaban J connectivity index is 2.15. The molecule has 0 aliphatic carbocycles. The van der Waals surface area contributed by atoms with Gasteiger partial charge in [0.2, 0.25) is 0 Å². The molecule has 0 radical (unpaired) electrons. The summed E-state index contributed by atoms with van der Waals surface area (Å²) in [7, 11) is 0. The van der Waals surface area contributed by atoms with Gasteiger partial charge in [-0.1, -0.05) is 12.1 Å². The molecule has 0 spiro atoms. The van der Waals surface area contributed by atoms with E-state index in [9.17, 15) is 22.4 Å². The molecule has 0 atom stereocenters. The van der Waals surface area contributed by atoms with Crippen molar-refractivity contribution in [2.24, 2.45) is 0 Å². The van der Waals surface area contributed by atoms with Crippen LogP contribution in [-0.2, 0) is 12.9 Å². The summed E-state index contributed by atoms with van der Waals surface area (Å²) in [4.78, 5) is 15.3. The first-order valence-electron chi connectivity index (χ1n) is 6.66. The van der Waals surface area contributed by atoms with Gasteiger partial charge < -0.3 is 5.11 Å². The first-order valence-corrected chi connectivity index (χ1v) is 6.66. The molecule has 0 unspecified atom stereocenters. The molecule has 1 aromatic carbocycles. The summed E-state index contributed by atoms with van der Waals surface area (Å²) in [6.07, 6.45) is -3.43. The molecule has 0 saturated heterocycles. The number of benzene rings is 1. The van der Waals surface area contributed by atoms with Crippen molar-refractivity contribution in [2.75, 3.05) is 0 Å². The summed E-state index contributed by atoms with van der Waals surface area (Å²) in [6, 6.07) is 5.46. The zero-order valence-corrected chi connectivity index (χ0v) is 11.9. The SMILES string of the molecule is O=C(O)c1cnn2c(CF)cc(-c3ccc(C(F)(F)F)cc3)nc12. The van der Waals surface area contributed by atoms with E-state index >= 15 is 0 Å². The van der Waals surface area contributed by atoms with Crippen molar-refractivity contribution >= 4 is 11.6 Å². The van der Waals surface area contributed by atoms with E-state index in [4.69, 9.17) is 5.11 Å². The summed E-state index contributed by atoms with van der Waals surface area (Å²) in [5.41, 5.74) is -0.619. The van der Waals surface area contributed by atoms with Crippen LogP contribution in [0.25, 0.3) is 16.9 Å². The lowest BCUT2D eigenvalue weighted by Crippen LogP contribution is -2.05. The number of hydrogen-bond donors (Lipinski definition) is 1. The van der Waals surface area contributed by atoms with Crippen LogP contribution in [-0.4, -0.2) is 25.7 Å². The van der Waals surface area contributed by atoms with Gasteiger partial charge >= 0.3 is 12.1 Å². The number of nitrogens with zero attached hydrogens (tertiary/aromatic N) is 3. The largest absolute Gasteiger partial charge is 0.477 e. The van der Waals surface area contributed by atoms with Crippen molar-refractivity contribution in [3.63, 3.8) is 0 Å². The maximum atomic E-state index is 13.2. The summed E-state index contributed by atoms with van der Waals surface area (Å²) in [6.45, 7) is -0.937. The van der Waals surface area contributed by atoms with Gasteiger partial charge in [-0.2, -0.15) is 18.3 Å². The molecule has 0 bridgehead atoms. The van der Waals surface area contributed by atoms with E-state index in [1.807, 2.05) is 0 Å². The first-order chi connectivity index (χ1) is 11.3. The number of fused-ring (bicyclic) bond motifs is 1. The molecule has 3 rings (SSSR count). The number of rotatable bonds is 3. The van der Waals surface area contributed by atoms with Crippen LogP contribution in [0.2, 0.25) is 0 Å². The fraction of sp³-hybridized carbons (Fsp3) is 0.133. The van der Waals surface area contributed by atoms with Crippen LogP contribution in [0.3, 0.4) is 0 Å². The number of aromatic carboxylic acids is 1. The van der Waals surface area contributed by atoms with Crippen molar-refractivity contribution in [3.8, 4) is 11.3 Å². The highest BCUT2D eigenvalue weighted by atomic mass is 19.4. The lowest BCUT2D eigenvalue weighted by atomic mass is 10.1. The average Bonchev–Trinajstić information content (AvgIpc) is 2.97. The van der Waals surface area contributed by atoms with Gasteiger partial charge in [-0.05, 0) is 18.2 Å². The lowest BCUT2D eigenvalue weighted by Gasteiger charge is -2.09. The standard InChI is InChI=1S/C15H9F4N3O2/c16-6-10-5-12(8-1-3-9(4-2-8)15(17,18)19)21-13-11(14(23)24)7-20-22(10)13/h1-5,7H,6H2,(H,23,24). The van der Waals surface area contributed by atoms with Gasteiger partial charge in [-0.25, -0.2) is 18.7 Å². The summed E-state index contributed by atoms with van der Waals surface area (Å²) >= 11 is 0. The Hall–Kier alpha value is -2.97. The Morgan fingerprint density at radius 2 is 1.88 bits per heavy atom. The Kier molecular flexibility index (Phi) is 3.70. The molecule has 1 N–H and O–H groups in total. The zero-order valence-electron chi connectivity index (χ0n) is 11.9. The number of alkyl halides is 4. The predicted molar refractivity (Wildman–Crippen MR) is 75.2 cm³/mol. The van der Waals surface area contributed by atoms with Crippen molar-refractivity contribution in [1.29, 1.82) is 0 Å². The minimum absolute atomic E-state index is 0.0439. The normalized spacial score (nSPS) is 11.8. The Morgan fingerprint density at radius 1 is 1.21 bits per heavy atom. The molecule has 0 fully saturated rings. The smallest absolute Gasteiger partial charge is 0.416 e. The molecule has 0 aliphatic rings. The molecule has 0 saturated carbocycles. The van der Waals surface area contributed by atoms with Crippen molar-refractivity contribution < 1.29 is 27.5 Å². The number of carbonyl (C=O) groups is 1. The number of carboxylic acid groups (broad SMARTS) is 1. The van der Waals surface area contributed by atoms with E-state index in [0.717, 1.165) is 22.8 Å². The highest BCUT2D eigenvalue weighted by Crippen LogP contribution is 2.31. The van der Waals surface area contributed by atoms with Gasteiger partial charge in [0.05, 0.1) is 23.1 Å². The van der Waals surface area contributed by atoms with Gasteiger partial charge in [-0.15, -0.1) is 0 Å². The van der Waals surface area contributed by atoms with Crippen LogP contribution in [0.1, 0.15) is 21.6 Å². The number of aromatic nitrogens is 3. The molecular formula is C15H9F4N3O2. The van der Waals surface area contributed by atoms with Crippen molar-refractivity contribution in [3.05, 3.63) is 53.3 Å². The lowest BCUT2D eigenvalue weighted by molar-refractivity contribution is -0.137. The van der Waals surface area contributed by atoms with Gasteiger partial charge in [0.25, 0.3) is 0 Å². The number of halogens is 4. The van der Waals surface area contributed by atoms with Crippen LogP contribution in [0.5, 0.6) is 0 Å². The van der Waals surface area contributed by atoms with Gasteiger partial charge in [0.15, 0.2) is 5.65 Å². The second-order valence-corrected chi connectivity index (χ2v) is 4.94. The third-order valence-corrected chi connectivity index (χ3v) is 3.42. The first kappa shape index (κ1) is 15.9. The van der Waals surface area contributed by atoms with E-state index < -0.39 is 24.4 Å². The Morgan fingerprint density at radius 3 is 2.42 bits per heavy atom. The van der Waals surface area contributed by atoms with E-state index in [2.05, 4.69) is 10.1 Å². The Labute approximate surface area is 132 Å². The van der Waals surface area contributed by atoms with Crippen LogP contribution >= 0.6 is 0 Å². The topological polar surface area (TPSA) is 67.5 Å². The number of carboxylic acids is 1. The second kappa shape index (κ2) is 5.59. The van der Waals surface area contributed by atoms with Crippen molar-refractivity contribution in [1.82, 2.24) is 14.6 Å². The Bertz CT molecular complexity index is 917. The van der Waals surface area contributed by atoms with Gasteiger partial charge in [0.1, 0.15) is 12.2 Å². The second-order valence-electron chi connectivity index (χ2n) is 4.94. The summed E-state index contributed by atoms with van der Waals surface area (Å²) in [5.74, 6) is -1.29. The molecular weight excluding hydrogens is 330 g/mol. The molecule has 5 nitrogen and oxygen atoms in total. The highest BCUT2D eigenvalue weighted by Gasteiger charge is 2.30. The molecule has 2 heterocycles. The van der Waals surface area contributed by atoms with E-state index in [1.165, 1.54) is 18.2 Å². The maximum Gasteiger partial charge on any atom is 0.416 e. The average molecular weight is 339 g/mol. The summed E-state index contributed by atoms with van der Waals surface area (Å²) < 4.78 is 52.1. The molecule has 24 heavy (non-hydrogen) atoms. The van der Waals surface area contributed by atoms with Crippen LogP contribution in [0.15, 0.2) is 36.5 Å². The van der Waals surface area contributed by atoms with Crippen molar-refractivity contribution in [2.45, 2.75) is 12.9 Å². The molecule has 9 heteroatoms. The fourth-order valence-corrected chi connectivity index (χ4v) is 2.25. The van der Waals surface area contributed by atoms with Crippen LogP contribution < -0.4 is 0 Å². The third-order valence-electron chi connectivity index (χ3n) is 3.42. The molecule has 124 valence electrons. The zero-order chi connectivity index (χ0) is 17.5. The molecule has 0 amide bonds. The molecule has 0 aliphatic heterocycles. The summed E-state index contributed by atoms with van der Waals surface area (Å²) in [5, 5.41) is 12.9. The van der Waals surface area contributed by atoms with Gasteiger partial charge in [0, 0.05) is 5.56 Å².